The van der Waals surface area contributed by atoms with E-state index in [2.05, 4.69) is 9.97 Å². The monoisotopic (exact) mass is 365 g/mol. The minimum absolute atomic E-state index is 0.00353. The summed E-state index contributed by atoms with van der Waals surface area (Å²) in [5.74, 6) is 1.20. The number of rotatable bonds is 2. The van der Waals surface area contributed by atoms with Gasteiger partial charge in [0.25, 0.3) is 5.91 Å². The number of piperazine rings is 1. The first-order valence-electron chi connectivity index (χ1n) is 7.55. The molecule has 1 aromatic carbocycles. The summed E-state index contributed by atoms with van der Waals surface area (Å²) in [6.45, 7) is 4.21. The van der Waals surface area contributed by atoms with Crippen molar-refractivity contribution in [2.45, 2.75) is 6.92 Å². The molecule has 126 valence electrons. The molecule has 2 N–H and O–H groups in total. The molecule has 3 rings (SSSR count). The molecule has 8 heteroatoms. The van der Waals surface area contributed by atoms with Gasteiger partial charge in [0.2, 0.25) is 0 Å². The third kappa shape index (κ3) is 3.39. The normalized spacial score (nSPS) is 14.8. The lowest BCUT2D eigenvalue weighted by Crippen LogP contribution is -2.49. The molecular formula is C16H17Cl2N5O. The molecule has 1 amide bonds. The molecule has 24 heavy (non-hydrogen) atoms. The van der Waals surface area contributed by atoms with Crippen molar-refractivity contribution in [3.05, 3.63) is 45.8 Å². The van der Waals surface area contributed by atoms with Crippen LogP contribution in [0.25, 0.3) is 0 Å². The molecule has 2 heterocycles. The third-order valence-corrected chi connectivity index (χ3v) is 4.49. The summed E-state index contributed by atoms with van der Waals surface area (Å²) in [5.41, 5.74) is 7.00. The van der Waals surface area contributed by atoms with Crippen LogP contribution in [0.4, 0.5) is 11.5 Å². The standard InChI is InChI=1S/C16H17Cl2N5O/c1-10-20-14(18)13(19)15(21-10)22-6-8-23(9-7-22)16(24)11-2-4-12(17)5-3-11/h2-5H,6-9,19H2,1H3. The topological polar surface area (TPSA) is 75.3 Å². The number of hydrogen-bond donors (Lipinski definition) is 1. The first-order valence-corrected chi connectivity index (χ1v) is 8.30. The van der Waals surface area contributed by atoms with Crippen LogP contribution in [0.3, 0.4) is 0 Å². The van der Waals surface area contributed by atoms with Gasteiger partial charge in [-0.2, -0.15) is 0 Å². The molecule has 6 nitrogen and oxygen atoms in total. The van der Waals surface area contributed by atoms with E-state index < -0.39 is 0 Å². The highest BCUT2D eigenvalue weighted by Gasteiger charge is 2.25. The average Bonchev–Trinajstić information content (AvgIpc) is 2.58. The molecule has 0 spiro atoms. The van der Waals surface area contributed by atoms with E-state index in [0.717, 1.165) is 0 Å². The SMILES string of the molecule is Cc1nc(Cl)c(N)c(N2CCN(C(=O)c3ccc(Cl)cc3)CC2)n1. The molecule has 1 aromatic heterocycles. The second-order valence-corrected chi connectivity index (χ2v) is 6.38. The summed E-state index contributed by atoms with van der Waals surface area (Å²) in [5, 5.41) is 0.875. The lowest BCUT2D eigenvalue weighted by molar-refractivity contribution is 0.0746. The summed E-state index contributed by atoms with van der Waals surface area (Å²) in [7, 11) is 0. The first-order chi connectivity index (χ1) is 11.5. The van der Waals surface area contributed by atoms with Crippen molar-refractivity contribution in [3.63, 3.8) is 0 Å². The van der Waals surface area contributed by atoms with Gasteiger partial charge in [0.05, 0.1) is 0 Å². The Hall–Kier alpha value is -2.05. The van der Waals surface area contributed by atoms with Crippen LogP contribution in [-0.4, -0.2) is 47.0 Å². The fourth-order valence-corrected chi connectivity index (χ4v) is 3.00. The van der Waals surface area contributed by atoms with Crippen molar-refractivity contribution >= 4 is 40.6 Å². The highest BCUT2D eigenvalue weighted by molar-refractivity contribution is 6.32. The van der Waals surface area contributed by atoms with E-state index in [1.54, 1.807) is 31.2 Å². The molecule has 1 aliphatic rings. The maximum atomic E-state index is 12.5. The number of aryl methyl sites for hydroxylation is 1. The van der Waals surface area contributed by atoms with E-state index in [1.807, 2.05) is 9.80 Å². The number of hydrogen-bond acceptors (Lipinski definition) is 5. The second kappa shape index (κ2) is 6.83. The zero-order valence-electron chi connectivity index (χ0n) is 13.2. The summed E-state index contributed by atoms with van der Waals surface area (Å²) >= 11 is 11.9. The average molecular weight is 366 g/mol. The molecule has 1 saturated heterocycles. The highest BCUT2D eigenvalue weighted by Crippen LogP contribution is 2.27. The van der Waals surface area contributed by atoms with Gasteiger partial charge in [0.1, 0.15) is 11.5 Å². The van der Waals surface area contributed by atoms with E-state index in [-0.39, 0.29) is 11.1 Å². The molecule has 0 radical (unpaired) electrons. The Morgan fingerprint density at radius 1 is 1.08 bits per heavy atom. The highest BCUT2D eigenvalue weighted by atomic mass is 35.5. The number of anilines is 2. The van der Waals surface area contributed by atoms with Gasteiger partial charge in [-0.25, -0.2) is 9.97 Å². The maximum Gasteiger partial charge on any atom is 0.253 e. The van der Waals surface area contributed by atoms with Crippen molar-refractivity contribution in [1.29, 1.82) is 0 Å². The van der Waals surface area contributed by atoms with Crippen LogP contribution in [-0.2, 0) is 0 Å². The molecule has 1 aliphatic heterocycles. The Morgan fingerprint density at radius 3 is 2.33 bits per heavy atom. The zero-order chi connectivity index (χ0) is 17.3. The number of carbonyl (C=O) groups excluding carboxylic acids is 1. The molecule has 0 unspecified atom stereocenters. The Kier molecular flexibility index (Phi) is 4.78. The first kappa shape index (κ1) is 16.8. The van der Waals surface area contributed by atoms with E-state index in [0.29, 0.717) is 54.1 Å². The Morgan fingerprint density at radius 2 is 1.71 bits per heavy atom. The number of nitrogens with two attached hydrogens (primary N) is 1. The predicted octanol–water partition coefficient (Wildman–Crippen LogP) is 2.64. The van der Waals surface area contributed by atoms with Crippen molar-refractivity contribution in [2.24, 2.45) is 0 Å². The van der Waals surface area contributed by atoms with Crippen LogP contribution < -0.4 is 10.6 Å². The smallest absolute Gasteiger partial charge is 0.253 e. The number of benzene rings is 1. The van der Waals surface area contributed by atoms with Gasteiger partial charge < -0.3 is 15.5 Å². The third-order valence-electron chi connectivity index (χ3n) is 3.95. The van der Waals surface area contributed by atoms with Gasteiger partial charge >= 0.3 is 0 Å². The minimum Gasteiger partial charge on any atom is -0.393 e. The van der Waals surface area contributed by atoms with Gasteiger partial charge in [0, 0.05) is 36.8 Å². The number of carbonyl (C=O) groups is 1. The molecule has 1 fully saturated rings. The van der Waals surface area contributed by atoms with Gasteiger partial charge in [-0.05, 0) is 31.2 Å². The number of amides is 1. The van der Waals surface area contributed by atoms with Crippen molar-refractivity contribution in [1.82, 2.24) is 14.9 Å². The van der Waals surface area contributed by atoms with Crippen LogP contribution in [0.2, 0.25) is 10.2 Å². The Labute approximate surface area is 150 Å². The number of aromatic nitrogens is 2. The second-order valence-electron chi connectivity index (χ2n) is 5.59. The Balaban J connectivity index is 1.70. The molecule has 2 aromatic rings. The molecule has 0 aliphatic carbocycles. The molecule has 0 atom stereocenters. The number of halogens is 2. The summed E-state index contributed by atoms with van der Waals surface area (Å²) in [6.07, 6.45) is 0. The fraction of sp³-hybridized carbons (Fsp3) is 0.312. The largest absolute Gasteiger partial charge is 0.393 e. The van der Waals surface area contributed by atoms with E-state index in [1.165, 1.54) is 0 Å². The molecule has 0 saturated carbocycles. The van der Waals surface area contributed by atoms with Crippen molar-refractivity contribution < 1.29 is 4.79 Å². The minimum atomic E-state index is -0.00353. The summed E-state index contributed by atoms with van der Waals surface area (Å²) < 4.78 is 0. The van der Waals surface area contributed by atoms with Gasteiger partial charge in [0.15, 0.2) is 11.0 Å². The summed E-state index contributed by atoms with van der Waals surface area (Å²) in [6, 6.07) is 6.92. The van der Waals surface area contributed by atoms with Gasteiger partial charge in [-0.1, -0.05) is 23.2 Å². The quantitative estimate of drug-likeness (QED) is 0.827. The van der Waals surface area contributed by atoms with E-state index in [9.17, 15) is 4.79 Å². The van der Waals surface area contributed by atoms with E-state index in [4.69, 9.17) is 28.9 Å². The van der Waals surface area contributed by atoms with Crippen LogP contribution in [0.1, 0.15) is 16.2 Å². The lowest BCUT2D eigenvalue weighted by Gasteiger charge is -2.36. The van der Waals surface area contributed by atoms with Crippen LogP contribution in [0.5, 0.6) is 0 Å². The molecular weight excluding hydrogens is 349 g/mol. The predicted molar refractivity (Wildman–Crippen MR) is 95.8 cm³/mol. The van der Waals surface area contributed by atoms with Crippen molar-refractivity contribution in [2.75, 3.05) is 36.8 Å². The number of nitrogens with zero attached hydrogens (tertiary/aromatic N) is 4. The van der Waals surface area contributed by atoms with Crippen molar-refractivity contribution in [3.8, 4) is 0 Å². The lowest BCUT2D eigenvalue weighted by atomic mass is 10.2. The van der Waals surface area contributed by atoms with Gasteiger partial charge in [-0.15, -0.1) is 0 Å². The zero-order valence-corrected chi connectivity index (χ0v) is 14.7. The van der Waals surface area contributed by atoms with E-state index >= 15 is 0 Å². The van der Waals surface area contributed by atoms with Crippen LogP contribution in [0, 0.1) is 6.92 Å². The maximum absolute atomic E-state index is 12.5. The molecule has 0 bridgehead atoms. The Bertz CT molecular complexity index is 758. The fourth-order valence-electron chi connectivity index (χ4n) is 2.67. The van der Waals surface area contributed by atoms with Crippen LogP contribution >= 0.6 is 23.2 Å². The summed E-state index contributed by atoms with van der Waals surface area (Å²) in [4.78, 5) is 24.8. The van der Waals surface area contributed by atoms with Gasteiger partial charge in [-0.3, -0.25) is 4.79 Å². The van der Waals surface area contributed by atoms with Crippen LogP contribution in [0.15, 0.2) is 24.3 Å². The number of nitrogen functional groups attached to an aromatic ring is 1.